The Morgan fingerprint density at radius 1 is 1.41 bits per heavy atom. The van der Waals surface area contributed by atoms with Gasteiger partial charge in [-0.05, 0) is 72.3 Å². The van der Waals surface area contributed by atoms with Gasteiger partial charge in [0.15, 0.2) is 0 Å². The first-order valence-electron chi connectivity index (χ1n) is 8.65. The standard InChI is InChI=1S/C17H32N2O3/c1-12(18-11-13-9-15(20)10-13)8-14-6-5-7-19(14)16(21)22-17(2,3)4/h12-15,18,20H,5-11H2,1-4H3. The highest BCUT2D eigenvalue weighted by Crippen LogP contribution is 2.27. The highest BCUT2D eigenvalue weighted by molar-refractivity contribution is 5.68. The first kappa shape index (κ1) is 17.5. The Bertz CT molecular complexity index is 375. The Labute approximate surface area is 134 Å². The summed E-state index contributed by atoms with van der Waals surface area (Å²) in [5, 5.41) is 12.9. The van der Waals surface area contributed by atoms with Crippen molar-refractivity contribution in [2.24, 2.45) is 5.92 Å². The number of amides is 1. The number of nitrogens with zero attached hydrogens (tertiary/aromatic N) is 1. The average molecular weight is 312 g/mol. The topological polar surface area (TPSA) is 61.8 Å². The molecular formula is C17H32N2O3. The molecule has 0 bridgehead atoms. The predicted molar refractivity (Wildman–Crippen MR) is 86.8 cm³/mol. The van der Waals surface area contributed by atoms with Crippen LogP contribution in [0, 0.1) is 5.92 Å². The molecule has 1 saturated heterocycles. The molecule has 2 atom stereocenters. The van der Waals surface area contributed by atoms with E-state index in [9.17, 15) is 9.90 Å². The summed E-state index contributed by atoms with van der Waals surface area (Å²) >= 11 is 0. The van der Waals surface area contributed by atoms with Crippen molar-refractivity contribution in [3.05, 3.63) is 0 Å². The minimum absolute atomic E-state index is 0.0837. The summed E-state index contributed by atoms with van der Waals surface area (Å²) in [5.74, 6) is 0.614. The number of hydrogen-bond acceptors (Lipinski definition) is 4. The molecule has 128 valence electrons. The first-order valence-corrected chi connectivity index (χ1v) is 8.65. The molecule has 5 nitrogen and oxygen atoms in total. The third-order valence-corrected chi connectivity index (χ3v) is 4.60. The van der Waals surface area contributed by atoms with Crippen LogP contribution in [-0.2, 0) is 4.74 Å². The first-order chi connectivity index (χ1) is 10.2. The van der Waals surface area contributed by atoms with Crippen LogP contribution in [0.4, 0.5) is 4.79 Å². The molecule has 0 aromatic heterocycles. The van der Waals surface area contributed by atoms with E-state index in [1.54, 1.807) is 0 Å². The number of aliphatic hydroxyl groups is 1. The van der Waals surface area contributed by atoms with Gasteiger partial charge in [0.2, 0.25) is 0 Å². The second-order valence-corrected chi connectivity index (χ2v) is 8.01. The third-order valence-electron chi connectivity index (χ3n) is 4.60. The highest BCUT2D eigenvalue weighted by Gasteiger charge is 2.33. The third kappa shape index (κ3) is 5.13. The van der Waals surface area contributed by atoms with Gasteiger partial charge in [-0.1, -0.05) is 0 Å². The SMILES string of the molecule is CC(CC1CCCN1C(=O)OC(C)(C)C)NCC1CC(O)C1. The fourth-order valence-electron chi connectivity index (χ4n) is 3.37. The Balaban J connectivity index is 1.74. The molecule has 2 rings (SSSR count). The Morgan fingerprint density at radius 3 is 2.68 bits per heavy atom. The number of rotatable bonds is 5. The fourth-order valence-corrected chi connectivity index (χ4v) is 3.37. The number of ether oxygens (including phenoxy) is 1. The van der Waals surface area contributed by atoms with Crippen LogP contribution in [-0.4, -0.2) is 53.0 Å². The minimum atomic E-state index is -0.431. The summed E-state index contributed by atoms with van der Waals surface area (Å²) in [6.45, 7) is 9.69. The number of aliphatic hydroxyl groups excluding tert-OH is 1. The van der Waals surface area contributed by atoms with Gasteiger partial charge < -0.3 is 20.1 Å². The maximum atomic E-state index is 12.3. The van der Waals surface area contributed by atoms with Crippen molar-refractivity contribution in [3.63, 3.8) is 0 Å². The predicted octanol–water partition coefficient (Wildman–Crippen LogP) is 2.53. The maximum Gasteiger partial charge on any atom is 0.410 e. The molecule has 1 amide bonds. The Hall–Kier alpha value is -0.810. The monoisotopic (exact) mass is 312 g/mol. The number of likely N-dealkylation sites (tertiary alicyclic amines) is 1. The minimum Gasteiger partial charge on any atom is -0.444 e. The van der Waals surface area contributed by atoms with E-state index in [4.69, 9.17) is 4.74 Å². The van der Waals surface area contributed by atoms with Gasteiger partial charge in [-0.15, -0.1) is 0 Å². The molecule has 2 unspecified atom stereocenters. The lowest BCUT2D eigenvalue weighted by Gasteiger charge is -2.33. The summed E-state index contributed by atoms with van der Waals surface area (Å²) in [7, 11) is 0. The lowest BCUT2D eigenvalue weighted by Crippen LogP contribution is -2.44. The van der Waals surface area contributed by atoms with E-state index in [0.29, 0.717) is 12.0 Å². The van der Waals surface area contributed by atoms with Gasteiger partial charge in [-0.2, -0.15) is 0 Å². The zero-order valence-electron chi connectivity index (χ0n) is 14.5. The smallest absolute Gasteiger partial charge is 0.410 e. The van der Waals surface area contributed by atoms with Gasteiger partial charge in [0.05, 0.1) is 6.10 Å². The quantitative estimate of drug-likeness (QED) is 0.819. The van der Waals surface area contributed by atoms with Crippen LogP contribution in [0.3, 0.4) is 0 Å². The van der Waals surface area contributed by atoms with Crippen molar-refractivity contribution in [1.82, 2.24) is 10.2 Å². The zero-order valence-corrected chi connectivity index (χ0v) is 14.5. The maximum absolute atomic E-state index is 12.3. The largest absolute Gasteiger partial charge is 0.444 e. The summed E-state index contributed by atoms with van der Waals surface area (Å²) in [5.41, 5.74) is -0.431. The van der Waals surface area contributed by atoms with Crippen LogP contribution in [0.5, 0.6) is 0 Å². The van der Waals surface area contributed by atoms with Crippen molar-refractivity contribution < 1.29 is 14.6 Å². The number of carbonyl (C=O) groups is 1. The van der Waals surface area contributed by atoms with E-state index >= 15 is 0 Å². The van der Waals surface area contributed by atoms with E-state index in [1.807, 2.05) is 25.7 Å². The molecule has 0 radical (unpaired) electrons. The van der Waals surface area contributed by atoms with Crippen LogP contribution in [0.1, 0.15) is 59.8 Å². The molecule has 0 spiro atoms. The Morgan fingerprint density at radius 2 is 2.09 bits per heavy atom. The molecule has 0 aromatic carbocycles. The van der Waals surface area contributed by atoms with Crippen LogP contribution < -0.4 is 5.32 Å². The summed E-state index contributed by atoms with van der Waals surface area (Å²) in [6, 6.07) is 0.662. The van der Waals surface area contributed by atoms with Crippen molar-refractivity contribution in [1.29, 1.82) is 0 Å². The average Bonchev–Trinajstić information content (AvgIpc) is 2.79. The molecule has 1 saturated carbocycles. The molecular weight excluding hydrogens is 280 g/mol. The number of carbonyl (C=O) groups excluding carboxylic acids is 1. The normalized spacial score (nSPS) is 30.0. The second kappa shape index (κ2) is 7.18. The fraction of sp³-hybridized carbons (Fsp3) is 0.941. The lowest BCUT2D eigenvalue weighted by molar-refractivity contribution is 0.0208. The van der Waals surface area contributed by atoms with Crippen molar-refractivity contribution in [3.8, 4) is 0 Å². The van der Waals surface area contributed by atoms with Gasteiger partial charge >= 0.3 is 6.09 Å². The molecule has 2 aliphatic rings. The molecule has 22 heavy (non-hydrogen) atoms. The van der Waals surface area contributed by atoms with E-state index in [2.05, 4.69) is 12.2 Å². The Kier molecular flexibility index (Phi) is 5.72. The summed E-state index contributed by atoms with van der Waals surface area (Å²) < 4.78 is 5.51. The van der Waals surface area contributed by atoms with Gasteiger partial charge in [0.25, 0.3) is 0 Å². The number of hydrogen-bond donors (Lipinski definition) is 2. The van der Waals surface area contributed by atoms with E-state index in [0.717, 1.165) is 45.2 Å². The van der Waals surface area contributed by atoms with Crippen molar-refractivity contribution >= 4 is 6.09 Å². The molecule has 2 N–H and O–H groups in total. The van der Waals surface area contributed by atoms with Gasteiger partial charge in [0.1, 0.15) is 5.60 Å². The van der Waals surface area contributed by atoms with Crippen molar-refractivity contribution in [2.45, 2.75) is 83.6 Å². The van der Waals surface area contributed by atoms with Gasteiger partial charge in [0, 0.05) is 18.6 Å². The van der Waals surface area contributed by atoms with Crippen LogP contribution in [0.15, 0.2) is 0 Å². The molecule has 1 aliphatic heterocycles. The van der Waals surface area contributed by atoms with Gasteiger partial charge in [-0.25, -0.2) is 4.79 Å². The zero-order chi connectivity index (χ0) is 16.3. The molecule has 0 aromatic rings. The van der Waals surface area contributed by atoms with Crippen LogP contribution >= 0.6 is 0 Å². The molecule has 1 heterocycles. The van der Waals surface area contributed by atoms with Gasteiger partial charge in [-0.3, -0.25) is 0 Å². The molecule has 1 aliphatic carbocycles. The van der Waals surface area contributed by atoms with E-state index < -0.39 is 5.60 Å². The van der Waals surface area contributed by atoms with E-state index in [-0.39, 0.29) is 18.2 Å². The summed E-state index contributed by atoms with van der Waals surface area (Å²) in [6.07, 6.45) is 4.68. The highest BCUT2D eigenvalue weighted by atomic mass is 16.6. The van der Waals surface area contributed by atoms with Crippen LogP contribution in [0.25, 0.3) is 0 Å². The summed E-state index contributed by atoms with van der Waals surface area (Å²) in [4.78, 5) is 14.2. The van der Waals surface area contributed by atoms with Crippen LogP contribution in [0.2, 0.25) is 0 Å². The van der Waals surface area contributed by atoms with Crippen molar-refractivity contribution in [2.75, 3.05) is 13.1 Å². The second-order valence-electron chi connectivity index (χ2n) is 8.01. The molecule has 5 heteroatoms. The number of nitrogens with one attached hydrogen (secondary N) is 1. The van der Waals surface area contributed by atoms with E-state index in [1.165, 1.54) is 0 Å². The molecule has 2 fully saturated rings. The lowest BCUT2D eigenvalue weighted by atomic mass is 9.82.